The van der Waals surface area contributed by atoms with E-state index in [9.17, 15) is 0 Å². The topological polar surface area (TPSA) is 33.6 Å². The van der Waals surface area contributed by atoms with Gasteiger partial charge in [0.15, 0.2) is 0 Å². The molecule has 3 rings (SSSR count). The molecule has 18 heavy (non-hydrogen) atoms. The number of hydrogen-bond donors (Lipinski definition) is 1. The molecule has 0 saturated carbocycles. The average Bonchev–Trinajstić information content (AvgIpc) is 2.90. The van der Waals surface area contributed by atoms with Gasteiger partial charge < -0.3 is 10.1 Å². The zero-order valence-electron chi connectivity index (χ0n) is 10.2. The van der Waals surface area contributed by atoms with Crippen LogP contribution in [0.25, 0.3) is 0 Å². The highest BCUT2D eigenvalue weighted by Gasteiger charge is 2.29. The summed E-state index contributed by atoms with van der Waals surface area (Å²) >= 11 is 3.58. The molecule has 96 valence electrons. The van der Waals surface area contributed by atoms with Gasteiger partial charge in [0.1, 0.15) is 6.10 Å². The fourth-order valence-corrected chi connectivity index (χ4v) is 3.09. The minimum Gasteiger partial charge on any atom is -0.470 e. The Morgan fingerprint density at radius 2 is 2.17 bits per heavy atom. The van der Waals surface area contributed by atoms with E-state index >= 15 is 0 Å². The number of nitrogens with zero attached hydrogens (tertiary/aromatic N) is 1. The summed E-state index contributed by atoms with van der Waals surface area (Å²) in [6, 6.07) is 8.54. The summed E-state index contributed by atoms with van der Waals surface area (Å²) in [4.78, 5) is 4.57. The normalized spacial score (nSPS) is 27.7. The fraction of sp³-hybridized carbons (Fsp3) is 0.500. The maximum atomic E-state index is 6.03. The number of benzene rings is 1. The van der Waals surface area contributed by atoms with Crippen molar-refractivity contribution in [1.29, 1.82) is 0 Å². The molecule has 4 heteroatoms. The Bertz CT molecular complexity index is 455. The Morgan fingerprint density at radius 3 is 2.94 bits per heavy atom. The number of aliphatic imine (C=N–C) groups is 1. The zero-order chi connectivity index (χ0) is 12.4. The number of nitrogens with one attached hydrogen (secondary N) is 1. The van der Waals surface area contributed by atoms with Crippen molar-refractivity contribution in [2.45, 2.75) is 31.4 Å². The van der Waals surface area contributed by atoms with E-state index in [4.69, 9.17) is 4.74 Å². The highest BCUT2D eigenvalue weighted by atomic mass is 79.9. The van der Waals surface area contributed by atoms with E-state index in [2.05, 4.69) is 38.4 Å². The molecule has 2 aliphatic rings. The standard InChI is InChI=1S/C14H17BrN2O/c15-11-6-2-1-5-10(11)13-9-17-14(18-13)12-7-3-4-8-16-12/h1-2,5-6,12-13,16H,3-4,7-9H2. The predicted molar refractivity (Wildman–Crippen MR) is 75.9 cm³/mol. The lowest BCUT2D eigenvalue weighted by atomic mass is 10.1. The summed E-state index contributed by atoms with van der Waals surface area (Å²) < 4.78 is 7.13. The second-order valence-corrected chi connectivity index (χ2v) is 5.66. The van der Waals surface area contributed by atoms with Gasteiger partial charge in [0, 0.05) is 10.0 Å². The van der Waals surface area contributed by atoms with Crippen molar-refractivity contribution in [2.75, 3.05) is 13.1 Å². The molecule has 1 aromatic rings. The van der Waals surface area contributed by atoms with E-state index in [0.717, 1.165) is 29.9 Å². The monoisotopic (exact) mass is 308 g/mol. The molecule has 1 saturated heterocycles. The average molecular weight is 309 g/mol. The van der Waals surface area contributed by atoms with E-state index in [-0.39, 0.29) is 6.10 Å². The van der Waals surface area contributed by atoms with Gasteiger partial charge in [-0.15, -0.1) is 0 Å². The minimum absolute atomic E-state index is 0.0688. The molecule has 2 atom stereocenters. The van der Waals surface area contributed by atoms with E-state index in [1.807, 2.05) is 12.1 Å². The molecule has 0 bridgehead atoms. The Labute approximate surface area is 116 Å². The van der Waals surface area contributed by atoms with Crippen LogP contribution in [-0.4, -0.2) is 25.0 Å². The van der Waals surface area contributed by atoms with E-state index in [1.165, 1.54) is 18.4 Å². The van der Waals surface area contributed by atoms with Crippen LogP contribution in [-0.2, 0) is 4.74 Å². The van der Waals surface area contributed by atoms with Crippen molar-refractivity contribution >= 4 is 21.8 Å². The van der Waals surface area contributed by atoms with E-state index in [0.29, 0.717) is 6.04 Å². The van der Waals surface area contributed by atoms with Crippen LogP contribution in [0.5, 0.6) is 0 Å². The summed E-state index contributed by atoms with van der Waals surface area (Å²) in [5, 5.41) is 3.48. The van der Waals surface area contributed by atoms with Crippen molar-refractivity contribution in [2.24, 2.45) is 4.99 Å². The molecular formula is C14H17BrN2O. The maximum absolute atomic E-state index is 6.03. The lowest BCUT2D eigenvalue weighted by Crippen LogP contribution is -2.40. The number of halogens is 1. The number of piperidine rings is 1. The van der Waals surface area contributed by atoms with E-state index in [1.54, 1.807) is 0 Å². The minimum atomic E-state index is 0.0688. The third-order valence-electron chi connectivity index (χ3n) is 3.54. The first kappa shape index (κ1) is 12.2. The Hall–Kier alpha value is -0.870. The molecule has 0 aliphatic carbocycles. The first-order chi connectivity index (χ1) is 8.84. The highest BCUT2D eigenvalue weighted by molar-refractivity contribution is 9.10. The quantitative estimate of drug-likeness (QED) is 0.911. The Kier molecular flexibility index (Phi) is 3.66. The molecule has 0 spiro atoms. The van der Waals surface area contributed by atoms with Crippen molar-refractivity contribution in [3.63, 3.8) is 0 Å². The summed E-state index contributed by atoms with van der Waals surface area (Å²) in [5.74, 6) is 0.899. The van der Waals surface area contributed by atoms with Crippen LogP contribution in [0.15, 0.2) is 33.7 Å². The number of rotatable bonds is 2. The second kappa shape index (κ2) is 5.41. The summed E-state index contributed by atoms with van der Waals surface area (Å²) in [5.41, 5.74) is 1.19. The molecule has 0 aromatic heterocycles. The number of hydrogen-bond acceptors (Lipinski definition) is 3. The third-order valence-corrected chi connectivity index (χ3v) is 4.26. The molecule has 0 amide bonds. The van der Waals surface area contributed by atoms with E-state index < -0.39 is 0 Å². The van der Waals surface area contributed by atoms with Crippen LogP contribution in [0.4, 0.5) is 0 Å². The molecule has 2 heterocycles. The lowest BCUT2D eigenvalue weighted by molar-refractivity contribution is 0.212. The van der Waals surface area contributed by atoms with Crippen molar-refractivity contribution in [3.05, 3.63) is 34.3 Å². The molecule has 0 radical (unpaired) electrons. The predicted octanol–water partition coefficient (Wildman–Crippen LogP) is 3.06. The van der Waals surface area contributed by atoms with Gasteiger partial charge in [-0.3, -0.25) is 0 Å². The number of ether oxygens (including phenoxy) is 1. The SMILES string of the molecule is Brc1ccccc1C1CN=C(C2CCCCN2)O1. The van der Waals surface area contributed by atoms with Gasteiger partial charge in [0.25, 0.3) is 0 Å². The molecule has 1 fully saturated rings. The molecule has 2 unspecified atom stereocenters. The van der Waals surface area contributed by atoms with Gasteiger partial charge in [-0.05, 0) is 25.5 Å². The molecule has 1 N–H and O–H groups in total. The highest BCUT2D eigenvalue weighted by Crippen LogP contribution is 2.30. The first-order valence-electron chi connectivity index (χ1n) is 6.53. The summed E-state index contributed by atoms with van der Waals surface area (Å²) in [7, 11) is 0. The fourth-order valence-electron chi connectivity index (χ4n) is 2.55. The van der Waals surface area contributed by atoms with Crippen LogP contribution >= 0.6 is 15.9 Å². The molecule has 3 nitrogen and oxygen atoms in total. The molecule has 2 aliphatic heterocycles. The maximum Gasteiger partial charge on any atom is 0.201 e. The van der Waals surface area contributed by atoms with Gasteiger partial charge in [-0.25, -0.2) is 4.99 Å². The van der Waals surface area contributed by atoms with Crippen LogP contribution in [0.3, 0.4) is 0 Å². The zero-order valence-corrected chi connectivity index (χ0v) is 11.8. The van der Waals surface area contributed by atoms with Crippen LogP contribution in [0.2, 0.25) is 0 Å². The third kappa shape index (κ3) is 2.45. The summed E-state index contributed by atoms with van der Waals surface area (Å²) in [6.45, 7) is 1.81. The van der Waals surface area contributed by atoms with Crippen LogP contribution < -0.4 is 5.32 Å². The Balaban J connectivity index is 1.68. The van der Waals surface area contributed by atoms with Crippen molar-refractivity contribution in [1.82, 2.24) is 5.32 Å². The van der Waals surface area contributed by atoms with Crippen LogP contribution in [0.1, 0.15) is 30.9 Å². The first-order valence-corrected chi connectivity index (χ1v) is 7.33. The van der Waals surface area contributed by atoms with Gasteiger partial charge in [0.2, 0.25) is 5.90 Å². The van der Waals surface area contributed by atoms with Crippen LogP contribution in [0, 0.1) is 0 Å². The second-order valence-electron chi connectivity index (χ2n) is 4.81. The van der Waals surface area contributed by atoms with Gasteiger partial charge >= 0.3 is 0 Å². The lowest BCUT2D eigenvalue weighted by Gasteiger charge is -2.24. The smallest absolute Gasteiger partial charge is 0.201 e. The van der Waals surface area contributed by atoms with Crippen molar-refractivity contribution < 1.29 is 4.74 Å². The van der Waals surface area contributed by atoms with Gasteiger partial charge in [0.05, 0.1) is 12.6 Å². The van der Waals surface area contributed by atoms with Gasteiger partial charge in [-0.2, -0.15) is 0 Å². The van der Waals surface area contributed by atoms with Gasteiger partial charge in [-0.1, -0.05) is 40.5 Å². The summed E-state index contributed by atoms with van der Waals surface area (Å²) in [6.07, 6.45) is 3.73. The molecule has 1 aromatic carbocycles. The Morgan fingerprint density at radius 1 is 1.28 bits per heavy atom. The van der Waals surface area contributed by atoms with Crippen molar-refractivity contribution in [3.8, 4) is 0 Å². The molecular weight excluding hydrogens is 292 g/mol. The largest absolute Gasteiger partial charge is 0.470 e.